The van der Waals surface area contributed by atoms with Crippen LogP contribution in [-0.2, 0) is 9.59 Å². The van der Waals surface area contributed by atoms with E-state index in [1.807, 2.05) is 0 Å². The quantitative estimate of drug-likeness (QED) is 0.626. The van der Waals surface area contributed by atoms with E-state index < -0.39 is 27.5 Å². The number of ether oxygens (including phenoxy) is 1. The molecule has 3 rings (SSSR count). The molecule has 1 fully saturated rings. The maximum Gasteiger partial charge on any atom is 0.253 e. The average Bonchev–Trinajstić information content (AvgIpc) is 2.76. The fourth-order valence-corrected chi connectivity index (χ4v) is 4.66. The molecule has 1 heterocycles. The normalized spacial score (nSPS) is 30.8. The van der Waals surface area contributed by atoms with Gasteiger partial charge in [0.25, 0.3) is 11.8 Å². The summed E-state index contributed by atoms with van der Waals surface area (Å²) in [5, 5.41) is 9.98. The van der Waals surface area contributed by atoms with Crippen LogP contribution in [0.5, 0.6) is 11.5 Å². The van der Waals surface area contributed by atoms with E-state index >= 15 is 0 Å². The number of carbonyl (C=O) groups is 2. The molecule has 1 aliphatic carbocycles. The molecule has 7 heteroatoms. The van der Waals surface area contributed by atoms with Crippen molar-refractivity contribution in [2.24, 2.45) is 0 Å². The molecule has 26 heavy (non-hydrogen) atoms. The van der Waals surface area contributed by atoms with Crippen LogP contribution in [0, 0.1) is 0 Å². The van der Waals surface area contributed by atoms with Gasteiger partial charge < -0.3 is 9.84 Å². The van der Waals surface area contributed by atoms with Crippen molar-refractivity contribution in [1.82, 2.24) is 4.90 Å². The van der Waals surface area contributed by atoms with Gasteiger partial charge in [-0.2, -0.15) is 0 Å². The molecule has 1 aromatic rings. The lowest BCUT2D eigenvalue weighted by Gasteiger charge is -2.42. The number of imide groups is 1. The molecular formula is C19H19Cl2NO4. The summed E-state index contributed by atoms with van der Waals surface area (Å²) < 4.78 is 5.44. The maximum atomic E-state index is 12.9. The second-order valence-corrected chi connectivity index (χ2v) is 7.63. The van der Waals surface area contributed by atoms with Crippen LogP contribution in [0.4, 0.5) is 0 Å². The number of rotatable bonds is 4. The van der Waals surface area contributed by atoms with E-state index in [-0.39, 0.29) is 17.9 Å². The number of benzene rings is 1. The highest BCUT2D eigenvalue weighted by atomic mass is 35.5. The van der Waals surface area contributed by atoms with Crippen molar-refractivity contribution in [3.63, 3.8) is 0 Å². The number of allylic oxidation sites excluding steroid dienone is 3. The fourth-order valence-electron chi connectivity index (χ4n) is 3.73. The van der Waals surface area contributed by atoms with Crippen LogP contribution < -0.4 is 4.74 Å². The monoisotopic (exact) mass is 395 g/mol. The maximum absolute atomic E-state index is 12.9. The SMILES string of the molecule is C=CC1=CC[C@@]2(Cl)C(=O)N(C)C(=O)[C@@]2(Cl)[C@H]1c1ccc(O)c(OCC)c1. The van der Waals surface area contributed by atoms with E-state index in [0.717, 1.165) is 4.90 Å². The van der Waals surface area contributed by atoms with E-state index in [9.17, 15) is 14.7 Å². The Morgan fingerprint density at radius 2 is 2.08 bits per heavy atom. The number of hydrogen-bond donors (Lipinski definition) is 1. The first kappa shape index (κ1) is 18.8. The smallest absolute Gasteiger partial charge is 0.253 e. The van der Waals surface area contributed by atoms with Crippen molar-refractivity contribution in [2.45, 2.75) is 29.0 Å². The highest BCUT2D eigenvalue weighted by Gasteiger charge is 2.72. The first-order valence-corrected chi connectivity index (χ1v) is 8.96. The van der Waals surface area contributed by atoms with Gasteiger partial charge >= 0.3 is 0 Å². The number of fused-ring (bicyclic) bond motifs is 1. The lowest BCUT2D eigenvalue weighted by atomic mass is 9.68. The molecule has 0 aromatic heterocycles. The Kier molecular flexibility index (Phi) is 4.57. The van der Waals surface area contributed by atoms with Crippen molar-refractivity contribution in [3.05, 3.63) is 48.1 Å². The minimum atomic E-state index is -1.70. The summed E-state index contributed by atoms with van der Waals surface area (Å²) in [5.41, 5.74) is 1.30. The van der Waals surface area contributed by atoms with Gasteiger partial charge in [-0.15, -0.1) is 23.2 Å². The zero-order chi connectivity index (χ0) is 19.3. The summed E-state index contributed by atoms with van der Waals surface area (Å²) in [7, 11) is 1.38. The van der Waals surface area contributed by atoms with Crippen LogP contribution in [0.1, 0.15) is 24.8 Å². The van der Waals surface area contributed by atoms with Gasteiger partial charge in [0.05, 0.1) is 6.61 Å². The Hall–Kier alpha value is -1.98. The highest BCUT2D eigenvalue weighted by Crippen LogP contribution is 2.59. The summed E-state index contributed by atoms with van der Waals surface area (Å²) in [5.74, 6) is -1.55. The second kappa shape index (κ2) is 6.32. The number of aromatic hydroxyl groups is 1. The van der Waals surface area contributed by atoms with E-state index in [0.29, 0.717) is 17.7 Å². The number of carbonyl (C=O) groups excluding carboxylic acids is 2. The molecule has 2 aliphatic rings. The fraction of sp³-hybridized carbons (Fsp3) is 0.368. The van der Waals surface area contributed by atoms with Crippen molar-refractivity contribution in [1.29, 1.82) is 0 Å². The molecule has 5 nitrogen and oxygen atoms in total. The number of phenolic OH excluding ortho intramolecular Hbond substituents is 1. The lowest BCUT2D eigenvalue weighted by Crippen LogP contribution is -2.54. The van der Waals surface area contributed by atoms with Gasteiger partial charge in [0, 0.05) is 13.0 Å². The number of likely N-dealkylation sites (tertiary alicyclic amines) is 1. The van der Waals surface area contributed by atoms with Gasteiger partial charge in [-0.05, 0) is 36.6 Å². The molecule has 0 bridgehead atoms. The van der Waals surface area contributed by atoms with Crippen LogP contribution in [0.3, 0.4) is 0 Å². The number of amides is 2. The number of nitrogens with zero attached hydrogens (tertiary/aromatic N) is 1. The summed E-state index contributed by atoms with van der Waals surface area (Å²) in [6.07, 6.45) is 3.51. The average molecular weight is 396 g/mol. The predicted octanol–water partition coefficient (Wildman–Crippen LogP) is 3.34. The Labute approximate surface area is 161 Å². The summed E-state index contributed by atoms with van der Waals surface area (Å²) >= 11 is 13.5. The summed E-state index contributed by atoms with van der Waals surface area (Å²) in [6.45, 7) is 5.96. The lowest BCUT2D eigenvalue weighted by molar-refractivity contribution is -0.137. The van der Waals surface area contributed by atoms with E-state index in [1.54, 1.807) is 31.2 Å². The van der Waals surface area contributed by atoms with Crippen molar-refractivity contribution in [2.75, 3.05) is 13.7 Å². The molecule has 1 saturated heterocycles. The number of halogens is 2. The van der Waals surface area contributed by atoms with Crippen LogP contribution in [-0.4, -0.2) is 45.2 Å². The standard InChI is InChI=1S/C19H19Cl2NO4/c1-4-11-8-9-18(20)16(24)22(3)17(25)19(18,21)15(11)12-6-7-13(23)14(10-12)26-5-2/h4,6-8,10,15,23H,1,5,9H2,2-3H3/t15-,18-,19+/m1/s1. The minimum absolute atomic E-state index is 0.0257. The van der Waals surface area contributed by atoms with E-state index in [1.165, 1.54) is 13.1 Å². The molecule has 0 unspecified atom stereocenters. The van der Waals surface area contributed by atoms with Gasteiger partial charge in [-0.25, -0.2) is 0 Å². The van der Waals surface area contributed by atoms with Crippen molar-refractivity contribution >= 4 is 35.0 Å². The van der Waals surface area contributed by atoms with Gasteiger partial charge in [-0.3, -0.25) is 14.5 Å². The molecule has 3 atom stereocenters. The third-order valence-electron chi connectivity index (χ3n) is 5.04. The third-order valence-corrected chi connectivity index (χ3v) is 6.45. The zero-order valence-corrected chi connectivity index (χ0v) is 16.0. The first-order chi connectivity index (χ1) is 12.2. The molecule has 1 aromatic carbocycles. The van der Waals surface area contributed by atoms with E-state index in [4.69, 9.17) is 27.9 Å². The molecule has 2 amide bonds. The summed E-state index contributed by atoms with van der Waals surface area (Å²) in [4.78, 5) is 23.3. The molecule has 0 spiro atoms. The predicted molar refractivity (Wildman–Crippen MR) is 99.9 cm³/mol. The second-order valence-electron chi connectivity index (χ2n) is 6.39. The third kappa shape index (κ3) is 2.30. The van der Waals surface area contributed by atoms with Crippen LogP contribution in [0.2, 0.25) is 0 Å². The van der Waals surface area contributed by atoms with E-state index in [2.05, 4.69) is 6.58 Å². The largest absolute Gasteiger partial charge is 0.504 e. The van der Waals surface area contributed by atoms with Crippen LogP contribution in [0.15, 0.2) is 42.5 Å². The molecule has 0 radical (unpaired) electrons. The zero-order valence-electron chi connectivity index (χ0n) is 14.5. The van der Waals surface area contributed by atoms with Gasteiger partial charge in [0.15, 0.2) is 21.2 Å². The number of hydrogen-bond acceptors (Lipinski definition) is 4. The molecular weight excluding hydrogens is 377 g/mol. The highest BCUT2D eigenvalue weighted by molar-refractivity contribution is 6.53. The summed E-state index contributed by atoms with van der Waals surface area (Å²) in [6, 6.07) is 4.73. The minimum Gasteiger partial charge on any atom is -0.504 e. The Morgan fingerprint density at radius 1 is 1.38 bits per heavy atom. The Morgan fingerprint density at radius 3 is 2.69 bits per heavy atom. The van der Waals surface area contributed by atoms with Gasteiger partial charge in [0.1, 0.15) is 0 Å². The van der Waals surface area contributed by atoms with Crippen molar-refractivity contribution in [3.8, 4) is 11.5 Å². The van der Waals surface area contributed by atoms with Crippen molar-refractivity contribution < 1.29 is 19.4 Å². The Balaban J connectivity index is 2.23. The van der Waals surface area contributed by atoms with Gasteiger partial charge in [-0.1, -0.05) is 24.8 Å². The Bertz CT molecular complexity index is 837. The van der Waals surface area contributed by atoms with Gasteiger partial charge in [0.2, 0.25) is 0 Å². The number of alkyl halides is 2. The molecule has 138 valence electrons. The van der Waals surface area contributed by atoms with Crippen LogP contribution >= 0.6 is 23.2 Å². The topological polar surface area (TPSA) is 66.8 Å². The molecule has 1 aliphatic heterocycles. The van der Waals surface area contributed by atoms with Crippen LogP contribution in [0.25, 0.3) is 0 Å². The first-order valence-electron chi connectivity index (χ1n) is 8.21. The molecule has 0 saturated carbocycles. The molecule has 1 N–H and O–H groups in total. The number of phenols is 1.